The number of amides is 3. The highest BCUT2D eigenvalue weighted by atomic mass is 16.6. The molecule has 3 aromatic carbocycles. The molecular formula is C34H41N3O7. The Morgan fingerprint density at radius 2 is 1.30 bits per heavy atom. The SMILES string of the molecule is CC(Cc1ccccc1)NC(=O)CNC(=O)COCCOCCOCCNC(=O)OCC1c2ccccc2-c2ccccc21. The number of alkyl carbamates (subject to hydrolysis) is 1. The number of benzene rings is 3. The lowest BCUT2D eigenvalue weighted by molar-refractivity contribution is -0.129. The third kappa shape index (κ3) is 10.5. The summed E-state index contributed by atoms with van der Waals surface area (Å²) in [6.45, 7) is 3.80. The Labute approximate surface area is 258 Å². The molecule has 0 saturated carbocycles. The van der Waals surface area contributed by atoms with Crippen molar-refractivity contribution in [2.24, 2.45) is 0 Å². The lowest BCUT2D eigenvalue weighted by atomic mass is 9.98. The largest absolute Gasteiger partial charge is 0.449 e. The summed E-state index contributed by atoms with van der Waals surface area (Å²) in [6.07, 6.45) is 0.235. The van der Waals surface area contributed by atoms with Gasteiger partial charge in [-0.15, -0.1) is 0 Å². The zero-order valence-corrected chi connectivity index (χ0v) is 25.1. The van der Waals surface area contributed by atoms with Gasteiger partial charge in [-0.3, -0.25) is 9.59 Å². The lowest BCUT2D eigenvalue weighted by Crippen LogP contribution is -2.42. The van der Waals surface area contributed by atoms with E-state index in [1.165, 1.54) is 22.3 Å². The maximum Gasteiger partial charge on any atom is 0.407 e. The van der Waals surface area contributed by atoms with Gasteiger partial charge in [-0.25, -0.2) is 4.79 Å². The van der Waals surface area contributed by atoms with Gasteiger partial charge in [-0.05, 0) is 41.2 Å². The molecule has 44 heavy (non-hydrogen) atoms. The van der Waals surface area contributed by atoms with Crippen molar-refractivity contribution in [2.75, 3.05) is 59.3 Å². The Morgan fingerprint density at radius 1 is 0.705 bits per heavy atom. The second kappa shape index (κ2) is 17.8. The van der Waals surface area contributed by atoms with E-state index in [1.54, 1.807) is 0 Å². The fourth-order valence-corrected chi connectivity index (χ4v) is 5.05. The highest BCUT2D eigenvalue weighted by molar-refractivity contribution is 5.85. The zero-order valence-electron chi connectivity index (χ0n) is 25.1. The van der Waals surface area contributed by atoms with Crippen LogP contribution in [0.5, 0.6) is 0 Å². The second-order valence-corrected chi connectivity index (χ2v) is 10.5. The molecule has 1 unspecified atom stereocenters. The van der Waals surface area contributed by atoms with Gasteiger partial charge in [-0.2, -0.15) is 0 Å². The van der Waals surface area contributed by atoms with E-state index in [9.17, 15) is 14.4 Å². The van der Waals surface area contributed by atoms with Crippen molar-refractivity contribution in [3.8, 4) is 11.1 Å². The Bertz CT molecular complexity index is 1310. The molecule has 0 spiro atoms. The fraction of sp³-hybridized carbons (Fsp3) is 0.382. The van der Waals surface area contributed by atoms with Crippen LogP contribution in [0.3, 0.4) is 0 Å². The quantitative estimate of drug-likeness (QED) is 0.190. The first-order valence-electron chi connectivity index (χ1n) is 14.9. The maximum atomic E-state index is 12.2. The number of nitrogens with one attached hydrogen (secondary N) is 3. The normalized spacial score (nSPS) is 12.6. The number of fused-ring (bicyclic) bond motifs is 3. The molecule has 0 heterocycles. The summed E-state index contributed by atoms with van der Waals surface area (Å²) >= 11 is 0. The third-order valence-corrected chi connectivity index (χ3v) is 7.07. The average Bonchev–Trinajstić information content (AvgIpc) is 3.35. The van der Waals surface area contributed by atoms with Crippen molar-refractivity contribution in [1.82, 2.24) is 16.0 Å². The first-order valence-corrected chi connectivity index (χ1v) is 14.9. The Morgan fingerprint density at radius 3 is 1.98 bits per heavy atom. The van der Waals surface area contributed by atoms with Gasteiger partial charge in [0.25, 0.3) is 0 Å². The summed E-state index contributed by atoms with van der Waals surface area (Å²) in [5, 5.41) is 8.12. The predicted octanol–water partition coefficient (Wildman–Crippen LogP) is 3.44. The number of rotatable bonds is 18. The minimum absolute atomic E-state index is 0.0192. The molecule has 0 saturated heterocycles. The Hall–Kier alpha value is -4.25. The summed E-state index contributed by atoms with van der Waals surface area (Å²) in [4.78, 5) is 36.2. The molecule has 1 aliphatic rings. The molecule has 3 amide bonds. The van der Waals surface area contributed by atoms with Crippen molar-refractivity contribution in [1.29, 1.82) is 0 Å². The van der Waals surface area contributed by atoms with Gasteiger partial charge < -0.3 is 34.9 Å². The molecule has 10 heteroatoms. The standard InChI is InChI=1S/C34H41N3O7/c1-25(21-26-9-3-2-4-10-26)37-32(38)22-36-33(39)24-43-20-19-42-18-17-41-16-15-35-34(40)44-23-31-29-13-7-5-11-27(29)28-12-6-8-14-30(28)31/h2-14,25,31H,15-24H2,1H3,(H,35,40)(H,36,39)(H,37,38). The number of hydrogen-bond acceptors (Lipinski definition) is 7. The van der Waals surface area contributed by atoms with Gasteiger partial charge in [0.1, 0.15) is 13.2 Å². The van der Waals surface area contributed by atoms with Crippen LogP contribution in [0.4, 0.5) is 4.79 Å². The smallest absolute Gasteiger partial charge is 0.407 e. The first kappa shape index (κ1) is 32.7. The third-order valence-electron chi connectivity index (χ3n) is 7.07. The number of ether oxygens (including phenoxy) is 4. The van der Waals surface area contributed by atoms with Crippen LogP contribution in [0, 0.1) is 0 Å². The van der Waals surface area contributed by atoms with Crippen LogP contribution in [0.2, 0.25) is 0 Å². The monoisotopic (exact) mass is 603 g/mol. The van der Waals surface area contributed by atoms with Crippen molar-refractivity contribution in [2.45, 2.75) is 25.3 Å². The van der Waals surface area contributed by atoms with E-state index in [0.29, 0.717) is 39.4 Å². The predicted molar refractivity (Wildman–Crippen MR) is 166 cm³/mol. The number of carbonyl (C=O) groups excluding carboxylic acids is 3. The average molecular weight is 604 g/mol. The Balaban J connectivity index is 0.947. The van der Waals surface area contributed by atoms with E-state index in [-0.39, 0.29) is 50.1 Å². The van der Waals surface area contributed by atoms with Crippen LogP contribution in [0.1, 0.15) is 29.5 Å². The molecule has 0 radical (unpaired) electrons. The summed E-state index contributed by atoms with van der Waals surface area (Å²) < 4.78 is 21.7. The molecular weight excluding hydrogens is 562 g/mol. The van der Waals surface area contributed by atoms with Crippen LogP contribution in [-0.4, -0.2) is 83.3 Å². The van der Waals surface area contributed by atoms with Crippen LogP contribution in [0.15, 0.2) is 78.9 Å². The van der Waals surface area contributed by atoms with E-state index >= 15 is 0 Å². The summed E-state index contributed by atoms with van der Waals surface area (Å²) in [7, 11) is 0. The van der Waals surface area contributed by atoms with E-state index in [1.807, 2.05) is 61.5 Å². The molecule has 4 rings (SSSR count). The van der Waals surface area contributed by atoms with Gasteiger partial charge in [0, 0.05) is 18.5 Å². The van der Waals surface area contributed by atoms with Gasteiger partial charge in [0.15, 0.2) is 0 Å². The first-order chi connectivity index (χ1) is 21.5. The molecule has 1 atom stereocenters. The van der Waals surface area contributed by atoms with Crippen molar-refractivity contribution in [3.05, 3.63) is 95.6 Å². The molecule has 0 aromatic heterocycles. The van der Waals surface area contributed by atoms with E-state index < -0.39 is 6.09 Å². The maximum absolute atomic E-state index is 12.2. The molecule has 3 N–H and O–H groups in total. The summed E-state index contributed by atoms with van der Waals surface area (Å²) in [5.41, 5.74) is 5.85. The van der Waals surface area contributed by atoms with Crippen LogP contribution >= 0.6 is 0 Å². The minimum atomic E-state index is -0.480. The topological polar surface area (TPSA) is 124 Å². The van der Waals surface area contributed by atoms with Crippen LogP contribution < -0.4 is 16.0 Å². The highest BCUT2D eigenvalue weighted by Gasteiger charge is 2.28. The molecule has 3 aromatic rings. The van der Waals surface area contributed by atoms with Crippen molar-refractivity contribution in [3.63, 3.8) is 0 Å². The van der Waals surface area contributed by atoms with E-state index in [4.69, 9.17) is 18.9 Å². The molecule has 0 aliphatic heterocycles. The van der Waals surface area contributed by atoms with E-state index in [2.05, 4.69) is 40.2 Å². The molecule has 234 valence electrons. The summed E-state index contributed by atoms with van der Waals surface area (Å²) in [5.74, 6) is -0.604. The van der Waals surface area contributed by atoms with Crippen molar-refractivity contribution >= 4 is 17.9 Å². The lowest BCUT2D eigenvalue weighted by Gasteiger charge is -2.14. The Kier molecular flexibility index (Phi) is 13.2. The molecule has 0 bridgehead atoms. The second-order valence-electron chi connectivity index (χ2n) is 10.5. The van der Waals surface area contributed by atoms with Crippen LogP contribution in [0.25, 0.3) is 11.1 Å². The fourth-order valence-electron chi connectivity index (χ4n) is 5.05. The van der Waals surface area contributed by atoms with Gasteiger partial charge in [0.05, 0.1) is 39.6 Å². The van der Waals surface area contributed by atoms with Crippen LogP contribution in [-0.2, 0) is 35.0 Å². The van der Waals surface area contributed by atoms with Gasteiger partial charge in [0.2, 0.25) is 11.8 Å². The van der Waals surface area contributed by atoms with Gasteiger partial charge in [-0.1, -0.05) is 78.9 Å². The highest BCUT2D eigenvalue weighted by Crippen LogP contribution is 2.44. The molecule has 10 nitrogen and oxygen atoms in total. The van der Waals surface area contributed by atoms with Gasteiger partial charge >= 0.3 is 6.09 Å². The summed E-state index contributed by atoms with van der Waals surface area (Å²) in [6, 6.07) is 26.2. The number of carbonyl (C=O) groups is 3. The van der Waals surface area contributed by atoms with E-state index in [0.717, 1.165) is 5.56 Å². The number of hydrogen-bond donors (Lipinski definition) is 3. The van der Waals surface area contributed by atoms with Crippen molar-refractivity contribution < 1.29 is 33.3 Å². The minimum Gasteiger partial charge on any atom is -0.449 e. The molecule has 1 aliphatic carbocycles. The zero-order chi connectivity index (χ0) is 31.0. The molecule has 0 fully saturated rings.